The number of amides is 1. The van der Waals surface area contributed by atoms with E-state index in [2.05, 4.69) is 44.3 Å². The molecule has 9 nitrogen and oxygen atoms in total. The van der Waals surface area contributed by atoms with Crippen LogP contribution in [0.4, 0.5) is 5.69 Å². The molecule has 206 valence electrons. The lowest BCUT2D eigenvalue weighted by molar-refractivity contribution is 0.102. The predicted molar refractivity (Wildman–Crippen MR) is 158 cm³/mol. The average Bonchev–Trinajstić information content (AvgIpc) is 3.59. The monoisotopic (exact) mass is 538 g/mol. The summed E-state index contributed by atoms with van der Waals surface area (Å²) in [6, 6.07) is 17.7. The van der Waals surface area contributed by atoms with Gasteiger partial charge in [-0.2, -0.15) is 5.10 Å². The Kier molecular flexibility index (Phi) is 8.12. The van der Waals surface area contributed by atoms with E-state index in [1.165, 1.54) is 11.8 Å². The standard InChI is InChI=1S/C31H34N6O3/c1-4-21-7-5-8-22(13-21)19-37-20-24(17-33-37)30(38)34-25-16-27(31(39)32-18-25)29-15-23-14-26(9-10-28(23)35-29)40-12-6-11-36(2)3/h5,7-10,13-18,20,35H,4,6,11-12,19H2,1-3H3,(H,32,39)(H,34,38). The van der Waals surface area contributed by atoms with Crippen molar-refractivity contribution in [3.63, 3.8) is 0 Å². The highest BCUT2D eigenvalue weighted by atomic mass is 16.5. The van der Waals surface area contributed by atoms with Crippen molar-refractivity contribution in [2.24, 2.45) is 0 Å². The van der Waals surface area contributed by atoms with Gasteiger partial charge in [0.1, 0.15) is 5.75 Å². The fraction of sp³-hybridized carbons (Fsp3) is 0.258. The van der Waals surface area contributed by atoms with Crippen molar-refractivity contribution < 1.29 is 9.53 Å². The third kappa shape index (κ3) is 6.50. The van der Waals surface area contributed by atoms with Gasteiger partial charge in [0.15, 0.2) is 0 Å². The number of ether oxygens (including phenoxy) is 1. The van der Waals surface area contributed by atoms with Crippen LogP contribution < -0.4 is 15.6 Å². The maximum absolute atomic E-state index is 13.0. The molecule has 0 aliphatic rings. The van der Waals surface area contributed by atoms with Gasteiger partial charge in [-0.05, 0) is 68.4 Å². The number of H-pyrrole nitrogens is 2. The average molecular weight is 539 g/mol. The summed E-state index contributed by atoms with van der Waals surface area (Å²) in [5, 5.41) is 8.16. The number of nitrogens with one attached hydrogen (secondary N) is 3. The minimum atomic E-state index is -0.306. The summed E-state index contributed by atoms with van der Waals surface area (Å²) in [7, 11) is 4.08. The lowest BCUT2D eigenvalue weighted by atomic mass is 10.1. The molecule has 3 heterocycles. The van der Waals surface area contributed by atoms with Crippen molar-refractivity contribution >= 4 is 22.5 Å². The summed E-state index contributed by atoms with van der Waals surface area (Å²) in [5.41, 5.74) is 5.01. The minimum absolute atomic E-state index is 0.258. The second kappa shape index (κ2) is 12.0. The number of aromatic amines is 2. The van der Waals surface area contributed by atoms with Gasteiger partial charge in [0.2, 0.25) is 0 Å². The van der Waals surface area contributed by atoms with E-state index in [9.17, 15) is 9.59 Å². The highest BCUT2D eigenvalue weighted by Crippen LogP contribution is 2.27. The highest BCUT2D eigenvalue weighted by Gasteiger charge is 2.13. The first-order chi connectivity index (χ1) is 19.4. The van der Waals surface area contributed by atoms with E-state index in [1.807, 2.05) is 50.5 Å². The molecule has 0 radical (unpaired) electrons. The van der Waals surface area contributed by atoms with Gasteiger partial charge in [0.05, 0.1) is 41.9 Å². The van der Waals surface area contributed by atoms with Crippen LogP contribution in [0.25, 0.3) is 22.2 Å². The van der Waals surface area contributed by atoms with Crippen molar-refractivity contribution in [3.05, 3.63) is 100 Å². The number of hydrogen-bond acceptors (Lipinski definition) is 5. The number of nitrogens with zero attached hydrogens (tertiary/aromatic N) is 3. The minimum Gasteiger partial charge on any atom is -0.494 e. The fourth-order valence-electron chi connectivity index (χ4n) is 4.58. The summed E-state index contributed by atoms with van der Waals surface area (Å²) in [4.78, 5) is 33.8. The van der Waals surface area contributed by atoms with Crippen molar-refractivity contribution in [2.75, 3.05) is 32.6 Å². The molecule has 0 spiro atoms. The molecular formula is C31H34N6O3. The second-order valence-electron chi connectivity index (χ2n) is 10.1. The normalized spacial score (nSPS) is 11.3. The predicted octanol–water partition coefficient (Wildman–Crippen LogP) is 4.91. The molecular weight excluding hydrogens is 504 g/mol. The van der Waals surface area contributed by atoms with E-state index in [1.54, 1.807) is 23.1 Å². The molecule has 0 unspecified atom stereocenters. The van der Waals surface area contributed by atoms with Crippen molar-refractivity contribution in [1.82, 2.24) is 24.6 Å². The highest BCUT2D eigenvalue weighted by molar-refractivity contribution is 6.04. The molecule has 0 bridgehead atoms. The van der Waals surface area contributed by atoms with Gasteiger partial charge < -0.3 is 24.9 Å². The first kappa shape index (κ1) is 27.0. The Balaban J connectivity index is 1.28. The third-order valence-electron chi connectivity index (χ3n) is 6.70. The molecule has 0 saturated heterocycles. The SMILES string of the molecule is CCc1cccc(Cn2cc(C(=O)Nc3c[nH]c(=O)c(-c4cc5cc(OCCCN(C)C)ccc5[nH]4)c3)cn2)c1. The van der Waals surface area contributed by atoms with Gasteiger partial charge in [-0.15, -0.1) is 0 Å². The number of hydrogen-bond donors (Lipinski definition) is 3. The molecule has 2 aromatic carbocycles. The van der Waals surface area contributed by atoms with Crippen LogP contribution in [0.1, 0.15) is 34.8 Å². The molecule has 0 saturated carbocycles. The zero-order valence-electron chi connectivity index (χ0n) is 23.0. The van der Waals surface area contributed by atoms with E-state index in [-0.39, 0.29) is 11.5 Å². The molecule has 0 aliphatic carbocycles. The first-order valence-electron chi connectivity index (χ1n) is 13.4. The largest absolute Gasteiger partial charge is 0.494 e. The maximum Gasteiger partial charge on any atom is 0.258 e. The number of rotatable bonds is 11. The Hall–Kier alpha value is -4.63. The van der Waals surface area contributed by atoms with Gasteiger partial charge in [-0.25, -0.2) is 0 Å². The van der Waals surface area contributed by atoms with Gasteiger partial charge in [0, 0.05) is 29.8 Å². The molecule has 40 heavy (non-hydrogen) atoms. The topological polar surface area (TPSA) is 108 Å². The maximum atomic E-state index is 13.0. The molecule has 5 aromatic rings. The van der Waals surface area contributed by atoms with Crippen molar-refractivity contribution in [3.8, 4) is 17.0 Å². The zero-order chi connectivity index (χ0) is 28.1. The summed E-state index contributed by atoms with van der Waals surface area (Å²) in [6.07, 6.45) is 6.66. The quantitative estimate of drug-likeness (QED) is 0.207. The Morgan fingerprint density at radius 1 is 1.10 bits per heavy atom. The van der Waals surface area contributed by atoms with Crippen LogP contribution in [0.15, 0.2) is 78.0 Å². The smallest absolute Gasteiger partial charge is 0.258 e. The van der Waals surface area contributed by atoms with E-state index < -0.39 is 0 Å². The van der Waals surface area contributed by atoms with Gasteiger partial charge in [-0.1, -0.05) is 31.2 Å². The number of carbonyl (C=O) groups excluding carboxylic acids is 1. The van der Waals surface area contributed by atoms with Crippen LogP contribution in [-0.2, 0) is 13.0 Å². The summed E-state index contributed by atoms with van der Waals surface area (Å²) in [5.74, 6) is 0.476. The lowest BCUT2D eigenvalue weighted by Crippen LogP contribution is -2.15. The Morgan fingerprint density at radius 2 is 1.95 bits per heavy atom. The Morgan fingerprint density at radius 3 is 2.77 bits per heavy atom. The van der Waals surface area contributed by atoms with Crippen LogP contribution in [0.2, 0.25) is 0 Å². The van der Waals surface area contributed by atoms with Crippen molar-refractivity contribution in [1.29, 1.82) is 0 Å². The molecule has 0 fully saturated rings. The van der Waals surface area contributed by atoms with E-state index >= 15 is 0 Å². The number of pyridine rings is 1. The summed E-state index contributed by atoms with van der Waals surface area (Å²) >= 11 is 0. The molecule has 3 aromatic heterocycles. The van der Waals surface area contributed by atoms with Crippen LogP contribution in [-0.4, -0.2) is 57.8 Å². The number of aryl methyl sites for hydroxylation is 1. The fourth-order valence-corrected chi connectivity index (χ4v) is 4.58. The van der Waals surface area contributed by atoms with Crippen LogP contribution in [0.5, 0.6) is 5.75 Å². The summed E-state index contributed by atoms with van der Waals surface area (Å²) in [6.45, 7) is 4.29. The number of anilines is 1. The van der Waals surface area contributed by atoms with Crippen molar-refractivity contribution in [2.45, 2.75) is 26.3 Å². The summed E-state index contributed by atoms with van der Waals surface area (Å²) < 4.78 is 7.63. The number of carbonyl (C=O) groups is 1. The Labute approximate surface area is 232 Å². The lowest BCUT2D eigenvalue weighted by Gasteiger charge is -2.10. The van der Waals surface area contributed by atoms with Crippen LogP contribution in [0.3, 0.4) is 0 Å². The second-order valence-corrected chi connectivity index (χ2v) is 10.1. The third-order valence-corrected chi connectivity index (χ3v) is 6.70. The van der Waals surface area contributed by atoms with Gasteiger partial charge in [-0.3, -0.25) is 14.3 Å². The number of fused-ring (bicyclic) bond motifs is 1. The molecule has 3 N–H and O–H groups in total. The van der Waals surface area contributed by atoms with Gasteiger partial charge >= 0.3 is 0 Å². The van der Waals surface area contributed by atoms with E-state index in [4.69, 9.17) is 4.74 Å². The van der Waals surface area contributed by atoms with Crippen LogP contribution >= 0.6 is 0 Å². The van der Waals surface area contributed by atoms with Gasteiger partial charge in [0.25, 0.3) is 11.5 Å². The van der Waals surface area contributed by atoms with E-state index in [0.29, 0.717) is 35.7 Å². The van der Waals surface area contributed by atoms with E-state index in [0.717, 1.165) is 41.6 Å². The molecule has 9 heteroatoms. The molecule has 0 atom stereocenters. The molecule has 1 amide bonds. The number of aromatic nitrogens is 4. The zero-order valence-corrected chi connectivity index (χ0v) is 23.0. The first-order valence-corrected chi connectivity index (χ1v) is 13.4. The molecule has 5 rings (SSSR count). The number of benzene rings is 2. The Bertz CT molecular complexity index is 1680. The van der Waals surface area contributed by atoms with Crippen LogP contribution in [0, 0.1) is 0 Å². The molecule has 0 aliphatic heterocycles.